The fourth-order valence-electron chi connectivity index (χ4n) is 3.26. The molecule has 1 fully saturated rings. The topological polar surface area (TPSA) is 55.8 Å². The highest BCUT2D eigenvalue weighted by Crippen LogP contribution is 2.31. The molecule has 3 rings (SSSR count). The zero-order valence-corrected chi connectivity index (χ0v) is 16.6. The standard InChI is InChI=1S/C20H24FNO4S/c1-4-25-18-11-15(3)20(12-14(18)2)27(23,24)22-9-10-26-19(13-22)16-7-5-6-8-17(16)21/h5-8,11-12,19H,4,9-10,13H2,1-3H3. The number of benzene rings is 2. The van der Waals surface area contributed by atoms with Crippen LogP contribution in [0.1, 0.15) is 29.7 Å². The van der Waals surface area contributed by atoms with Crippen molar-refractivity contribution in [3.63, 3.8) is 0 Å². The Bertz CT molecular complexity index is 930. The number of sulfonamides is 1. The maximum Gasteiger partial charge on any atom is 0.243 e. The molecule has 2 aromatic carbocycles. The largest absolute Gasteiger partial charge is 0.494 e. The molecule has 0 amide bonds. The summed E-state index contributed by atoms with van der Waals surface area (Å²) in [5.41, 5.74) is 1.76. The maximum atomic E-state index is 14.1. The number of hydrogen-bond acceptors (Lipinski definition) is 4. The fourth-order valence-corrected chi connectivity index (χ4v) is 4.98. The van der Waals surface area contributed by atoms with Crippen molar-refractivity contribution < 1.29 is 22.3 Å². The van der Waals surface area contributed by atoms with E-state index in [4.69, 9.17) is 9.47 Å². The lowest BCUT2D eigenvalue weighted by atomic mass is 10.1. The summed E-state index contributed by atoms with van der Waals surface area (Å²) in [4.78, 5) is 0.248. The Balaban J connectivity index is 1.91. The summed E-state index contributed by atoms with van der Waals surface area (Å²) in [5.74, 6) is 0.287. The van der Waals surface area contributed by atoms with Crippen molar-refractivity contribution in [2.45, 2.75) is 31.8 Å². The molecule has 0 radical (unpaired) electrons. The minimum Gasteiger partial charge on any atom is -0.494 e. The van der Waals surface area contributed by atoms with Crippen LogP contribution in [-0.2, 0) is 14.8 Å². The smallest absolute Gasteiger partial charge is 0.243 e. The quantitative estimate of drug-likeness (QED) is 0.779. The van der Waals surface area contributed by atoms with Gasteiger partial charge in [0, 0.05) is 18.7 Å². The lowest BCUT2D eigenvalue weighted by Gasteiger charge is -2.33. The van der Waals surface area contributed by atoms with Crippen molar-refractivity contribution in [2.75, 3.05) is 26.3 Å². The Labute approximate surface area is 159 Å². The van der Waals surface area contributed by atoms with E-state index in [1.54, 1.807) is 37.3 Å². The van der Waals surface area contributed by atoms with Crippen LogP contribution in [0.25, 0.3) is 0 Å². The monoisotopic (exact) mass is 393 g/mol. The maximum absolute atomic E-state index is 14.1. The van der Waals surface area contributed by atoms with Crippen molar-refractivity contribution in [1.29, 1.82) is 0 Å². The first-order valence-electron chi connectivity index (χ1n) is 8.94. The molecule has 7 heteroatoms. The number of halogens is 1. The third kappa shape index (κ3) is 4.00. The number of aryl methyl sites for hydroxylation is 2. The highest BCUT2D eigenvalue weighted by Gasteiger charge is 2.33. The molecule has 0 spiro atoms. The number of morpholine rings is 1. The van der Waals surface area contributed by atoms with E-state index in [0.717, 1.165) is 5.56 Å². The molecule has 1 atom stereocenters. The van der Waals surface area contributed by atoms with E-state index in [2.05, 4.69) is 0 Å². The molecule has 0 saturated carbocycles. The Morgan fingerprint density at radius 3 is 2.67 bits per heavy atom. The van der Waals surface area contributed by atoms with Gasteiger partial charge < -0.3 is 9.47 Å². The van der Waals surface area contributed by atoms with Crippen molar-refractivity contribution in [3.05, 3.63) is 58.9 Å². The average molecular weight is 393 g/mol. The molecule has 1 aliphatic rings. The van der Waals surface area contributed by atoms with E-state index < -0.39 is 21.9 Å². The van der Waals surface area contributed by atoms with Crippen LogP contribution >= 0.6 is 0 Å². The van der Waals surface area contributed by atoms with Crippen molar-refractivity contribution in [3.8, 4) is 5.75 Å². The van der Waals surface area contributed by atoms with Crippen LogP contribution in [-0.4, -0.2) is 39.0 Å². The van der Waals surface area contributed by atoms with E-state index in [1.165, 1.54) is 10.4 Å². The highest BCUT2D eigenvalue weighted by molar-refractivity contribution is 7.89. The van der Waals surface area contributed by atoms with E-state index >= 15 is 0 Å². The second-order valence-electron chi connectivity index (χ2n) is 6.56. The fraction of sp³-hybridized carbons (Fsp3) is 0.400. The second kappa shape index (κ2) is 7.96. The number of hydrogen-bond donors (Lipinski definition) is 0. The first-order valence-corrected chi connectivity index (χ1v) is 10.4. The lowest BCUT2D eigenvalue weighted by Crippen LogP contribution is -2.42. The molecule has 146 valence electrons. The predicted molar refractivity (Wildman–Crippen MR) is 101 cm³/mol. The second-order valence-corrected chi connectivity index (χ2v) is 8.47. The molecule has 0 bridgehead atoms. The molecular weight excluding hydrogens is 369 g/mol. The van der Waals surface area contributed by atoms with Crippen LogP contribution in [0.4, 0.5) is 4.39 Å². The highest BCUT2D eigenvalue weighted by atomic mass is 32.2. The molecule has 27 heavy (non-hydrogen) atoms. The predicted octanol–water partition coefficient (Wildman–Crippen LogP) is 3.60. The van der Waals surface area contributed by atoms with Gasteiger partial charge in [-0.1, -0.05) is 18.2 Å². The Hall–Kier alpha value is -1.96. The van der Waals surface area contributed by atoms with Gasteiger partial charge in [-0.15, -0.1) is 0 Å². The van der Waals surface area contributed by atoms with Gasteiger partial charge in [-0.3, -0.25) is 0 Å². The number of rotatable bonds is 5. The van der Waals surface area contributed by atoms with E-state index in [0.29, 0.717) is 23.5 Å². The molecule has 1 heterocycles. The van der Waals surface area contributed by atoms with Crippen molar-refractivity contribution in [1.82, 2.24) is 4.31 Å². The van der Waals surface area contributed by atoms with Crippen molar-refractivity contribution in [2.24, 2.45) is 0 Å². The van der Waals surface area contributed by atoms with Crippen LogP contribution < -0.4 is 4.74 Å². The molecule has 0 aromatic heterocycles. The molecule has 1 aliphatic heterocycles. The van der Waals surface area contributed by atoms with Gasteiger partial charge in [-0.25, -0.2) is 12.8 Å². The van der Waals surface area contributed by atoms with Crippen LogP contribution in [0.3, 0.4) is 0 Å². The normalized spacial score (nSPS) is 18.4. The van der Waals surface area contributed by atoms with Crippen LogP contribution in [0.2, 0.25) is 0 Å². The summed E-state index contributed by atoms with van der Waals surface area (Å²) in [6.07, 6.45) is -0.626. The molecule has 0 aliphatic carbocycles. The third-order valence-corrected chi connectivity index (χ3v) is 6.68. The lowest BCUT2D eigenvalue weighted by molar-refractivity contribution is -0.00444. The van der Waals surface area contributed by atoms with Crippen LogP contribution in [0.15, 0.2) is 41.3 Å². The van der Waals surface area contributed by atoms with E-state index in [-0.39, 0.29) is 24.6 Å². The summed E-state index contributed by atoms with van der Waals surface area (Å²) in [5, 5.41) is 0. The average Bonchev–Trinajstić information content (AvgIpc) is 2.65. The van der Waals surface area contributed by atoms with Gasteiger partial charge in [-0.05, 0) is 50.1 Å². The molecule has 1 unspecified atom stereocenters. The molecule has 0 N–H and O–H groups in total. The number of nitrogens with zero attached hydrogens (tertiary/aromatic N) is 1. The van der Waals surface area contributed by atoms with Gasteiger partial charge in [0.05, 0.1) is 24.2 Å². The molecular formula is C20H24FNO4S. The Morgan fingerprint density at radius 1 is 1.22 bits per heavy atom. The van der Waals surface area contributed by atoms with Gasteiger partial charge in [0.15, 0.2) is 0 Å². The summed E-state index contributed by atoms with van der Waals surface area (Å²) in [6, 6.07) is 9.69. The molecule has 5 nitrogen and oxygen atoms in total. The van der Waals surface area contributed by atoms with Gasteiger partial charge in [-0.2, -0.15) is 4.31 Å². The van der Waals surface area contributed by atoms with Gasteiger partial charge >= 0.3 is 0 Å². The minimum atomic E-state index is -3.73. The third-order valence-electron chi connectivity index (χ3n) is 4.67. The SMILES string of the molecule is CCOc1cc(C)c(S(=O)(=O)N2CCOC(c3ccccc3F)C2)cc1C. The van der Waals surface area contributed by atoms with Crippen LogP contribution in [0, 0.1) is 19.7 Å². The summed E-state index contributed by atoms with van der Waals surface area (Å²) < 4.78 is 53.1. The Morgan fingerprint density at radius 2 is 1.96 bits per heavy atom. The first kappa shape index (κ1) is 19.8. The van der Waals surface area contributed by atoms with Gasteiger partial charge in [0.1, 0.15) is 11.6 Å². The molecule has 2 aromatic rings. The van der Waals surface area contributed by atoms with E-state index in [9.17, 15) is 12.8 Å². The minimum absolute atomic E-state index is 0.0783. The summed E-state index contributed by atoms with van der Waals surface area (Å²) >= 11 is 0. The Kier molecular flexibility index (Phi) is 5.83. The van der Waals surface area contributed by atoms with E-state index in [1.807, 2.05) is 13.8 Å². The van der Waals surface area contributed by atoms with Crippen molar-refractivity contribution >= 4 is 10.0 Å². The summed E-state index contributed by atoms with van der Waals surface area (Å²) in [6.45, 7) is 6.51. The van der Waals surface area contributed by atoms with Crippen LogP contribution in [0.5, 0.6) is 5.75 Å². The first-order chi connectivity index (χ1) is 12.8. The zero-order chi connectivity index (χ0) is 19.6. The van der Waals surface area contributed by atoms with Gasteiger partial charge in [0.2, 0.25) is 10.0 Å². The summed E-state index contributed by atoms with van der Waals surface area (Å²) in [7, 11) is -3.73. The zero-order valence-electron chi connectivity index (χ0n) is 15.7. The van der Waals surface area contributed by atoms with Gasteiger partial charge in [0.25, 0.3) is 0 Å². The molecule has 1 saturated heterocycles. The number of ether oxygens (including phenoxy) is 2.